The van der Waals surface area contributed by atoms with Gasteiger partial charge in [0.15, 0.2) is 5.16 Å². The van der Waals surface area contributed by atoms with Crippen LogP contribution in [0.1, 0.15) is 30.3 Å². The van der Waals surface area contributed by atoms with Gasteiger partial charge in [-0.2, -0.15) is 5.10 Å². The van der Waals surface area contributed by atoms with Crippen LogP contribution in [0.4, 0.5) is 4.39 Å². The van der Waals surface area contributed by atoms with Gasteiger partial charge in [0.05, 0.1) is 22.3 Å². The highest BCUT2D eigenvalue weighted by atomic mass is 32.2. The Morgan fingerprint density at radius 1 is 1.10 bits per heavy atom. The van der Waals surface area contributed by atoms with Crippen molar-refractivity contribution in [1.82, 2.24) is 19.3 Å². The summed E-state index contributed by atoms with van der Waals surface area (Å²) in [5, 5.41) is 6.20. The smallest absolute Gasteiger partial charge is 0.262 e. The first kappa shape index (κ1) is 19.1. The third-order valence-electron chi connectivity index (χ3n) is 5.57. The summed E-state index contributed by atoms with van der Waals surface area (Å²) >= 11 is 1.55. The lowest BCUT2D eigenvalue weighted by molar-refractivity contribution is 0.626. The van der Waals surface area contributed by atoms with Gasteiger partial charge in [0.2, 0.25) is 0 Å². The summed E-state index contributed by atoms with van der Waals surface area (Å²) in [4.78, 5) is 17.6. The van der Waals surface area contributed by atoms with E-state index in [2.05, 4.69) is 0 Å². The van der Waals surface area contributed by atoms with Crippen LogP contribution in [-0.2, 0) is 25.1 Å². The van der Waals surface area contributed by atoms with Crippen LogP contribution in [0.3, 0.4) is 0 Å². The van der Waals surface area contributed by atoms with E-state index in [4.69, 9.17) is 10.1 Å². The van der Waals surface area contributed by atoms with Crippen LogP contribution >= 0.6 is 11.8 Å². The van der Waals surface area contributed by atoms with Crippen molar-refractivity contribution in [3.63, 3.8) is 0 Å². The maximum atomic E-state index is 13.3. The fourth-order valence-electron chi connectivity index (χ4n) is 4.10. The summed E-state index contributed by atoms with van der Waals surface area (Å²) in [6.07, 6.45) is 3.07. The van der Waals surface area contributed by atoms with E-state index in [1.54, 1.807) is 28.5 Å². The molecule has 0 atom stereocenters. The van der Waals surface area contributed by atoms with Gasteiger partial charge in [-0.3, -0.25) is 9.36 Å². The van der Waals surface area contributed by atoms with Crippen molar-refractivity contribution >= 4 is 22.7 Å². The van der Waals surface area contributed by atoms with Gasteiger partial charge >= 0.3 is 0 Å². The number of hydrogen-bond donors (Lipinski definition) is 0. The Hall–Kier alpha value is -2.93. The van der Waals surface area contributed by atoms with Crippen LogP contribution in [0, 0.1) is 5.82 Å². The van der Waals surface area contributed by atoms with Crippen molar-refractivity contribution in [2.75, 3.05) is 0 Å². The van der Waals surface area contributed by atoms with E-state index in [9.17, 15) is 9.18 Å². The lowest BCUT2D eigenvalue weighted by Crippen LogP contribution is -2.22. The zero-order valence-electron chi connectivity index (χ0n) is 16.6. The number of hydrogen-bond acceptors (Lipinski definition) is 4. The van der Waals surface area contributed by atoms with E-state index in [0.29, 0.717) is 22.8 Å². The lowest BCUT2D eigenvalue weighted by Gasteiger charge is -2.11. The molecule has 0 amide bonds. The first-order valence-corrected chi connectivity index (χ1v) is 11.1. The van der Waals surface area contributed by atoms with Crippen LogP contribution in [0.25, 0.3) is 16.6 Å². The molecular formula is C23H21FN4OS. The highest BCUT2D eigenvalue weighted by Crippen LogP contribution is 2.31. The Morgan fingerprint density at radius 2 is 1.90 bits per heavy atom. The van der Waals surface area contributed by atoms with E-state index in [-0.39, 0.29) is 11.4 Å². The quantitative estimate of drug-likeness (QED) is 0.352. The molecule has 7 heteroatoms. The van der Waals surface area contributed by atoms with E-state index >= 15 is 0 Å². The molecule has 152 valence electrons. The molecule has 2 heterocycles. The molecule has 0 fully saturated rings. The molecule has 0 aliphatic heterocycles. The summed E-state index contributed by atoms with van der Waals surface area (Å²) in [5.41, 5.74) is 5.08. The zero-order chi connectivity index (χ0) is 20.7. The average molecular weight is 421 g/mol. The number of thioether (sulfide) groups is 1. The van der Waals surface area contributed by atoms with Gasteiger partial charge in [-0.1, -0.05) is 23.9 Å². The maximum Gasteiger partial charge on any atom is 0.262 e. The highest BCUT2D eigenvalue weighted by Gasteiger charge is 2.23. The minimum Gasteiger partial charge on any atom is -0.287 e. The van der Waals surface area contributed by atoms with E-state index in [1.165, 1.54) is 23.4 Å². The predicted molar refractivity (Wildman–Crippen MR) is 117 cm³/mol. The maximum absolute atomic E-state index is 13.3. The van der Waals surface area contributed by atoms with Crippen LogP contribution in [0.15, 0.2) is 58.5 Å². The third kappa shape index (κ3) is 3.23. The average Bonchev–Trinajstić information content (AvgIpc) is 3.36. The molecule has 0 unspecified atom stereocenters. The molecule has 0 N–H and O–H groups in total. The van der Waals surface area contributed by atoms with Crippen LogP contribution in [0.5, 0.6) is 0 Å². The molecule has 0 saturated carbocycles. The van der Waals surface area contributed by atoms with Crippen molar-refractivity contribution in [3.05, 3.63) is 81.7 Å². The molecule has 0 spiro atoms. The van der Waals surface area contributed by atoms with Crippen LogP contribution in [-0.4, -0.2) is 19.3 Å². The number of aromatic nitrogens is 4. The molecule has 5 rings (SSSR count). The molecule has 0 radical (unpaired) electrons. The molecule has 1 aliphatic carbocycles. The lowest BCUT2D eigenvalue weighted by atomic mass is 10.2. The molecule has 4 aromatic rings. The molecule has 5 nitrogen and oxygen atoms in total. The molecule has 30 heavy (non-hydrogen) atoms. The Balaban J connectivity index is 1.50. The number of rotatable bonds is 5. The van der Waals surface area contributed by atoms with Gasteiger partial charge in [0.1, 0.15) is 5.82 Å². The fraction of sp³-hybridized carbons (Fsp3) is 0.261. The summed E-state index contributed by atoms with van der Waals surface area (Å²) in [6.45, 7) is 2.53. The van der Waals surface area contributed by atoms with Crippen molar-refractivity contribution in [2.45, 2.75) is 43.6 Å². The van der Waals surface area contributed by atoms with Crippen molar-refractivity contribution in [3.8, 4) is 5.69 Å². The number of nitrogens with zero attached hydrogens (tertiary/aromatic N) is 4. The number of para-hydroxylation sites is 1. The zero-order valence-corrected chi connectivity index (χ0v) is 17.5. The standard InChI is InChI=1S/C23H21FN4OS/c1-2-27-22(29)18-6-3-4-8-19(18)25-23(27)30-14-20-17-7-5-9-21(17)28(26-20)16-12-10-15(24)11-13-16/h3-4,6,8,10-13H,2,5,7,9,14H2,1H3. The molecular weight excluding hydrogens is 399 g/mol. The molecule has 2 aromatic heterocycles. The first-order chi connectivity index (χ1) is 14.7. The highest BCUT2D eigenvalue weighted by molar-refractivity contribution is 7.98. The topological polar surface area (TPSA) is 52.7 Å². The number of halogens is 1. The van der Waals surface area contributed by atoms with Gasteiger partial charge in [0, 0.05) is 18.0 Å². The number of fused-ring (bicyclic) bond motifs is 2. The van der Waals surface area contributed by atoms with Gasteiger partial charge in [0.25, 0.3) is 5.56 Å². The summed E-state index contributed by atoms with van der Waals surface area (Å²) in [6, 6.07) is 13.9. The minimum absolute atomic E-state index is 0.00679. The first-order valence-electron chi connectivity index (χ1n) is 10.1. The second-order valence-electron chi connectivity index (χ2n) is 7.36. The van der Waals surface area contributed by atoms with Crippen molar-refractivity contribution < 1.29 is 4.39 Å². The van der Waals surface area contributed by atoms with Crippen LogP contribution < -0.4 is 5.56 Å². The monoisotopic (exact) mass is 420 g/mol. The van der Waals surface area contributed by atoms with E-state index < -0.39 is 0 Å². The van der Waals surface area contributed by atoms with Crippen LogP contribution in [0.2, 0.25) is 0 Å². The SMILES string of the molecule is CCn1c(SCc2nn(-c3ccc(F)cc3)c3c2CCC3)nc2ccccc2c1=O. The fourth-order valence-corrected chi connectivity index (χ4v) is 5.12. The Bertz CT molecular complexity index is 1290. The van der Waals surface area contributed by atoms with Gasteiger partial charge < -0.3 is 0 Å². The summed E-state index contributed by atoms with van der Waals surface area (Å²) in [5.74, 6) is 0.389. The van der Waals surface area contributed by atoms with E-state index in [1.807, 2.05) is 35.9 Å². The molecule has 0 bridgehead atoms. The number of benzene rings is 2. The second kappa shape index (κ2) is 7.72. The molecule has 0 saturated heterocycles. The normalized spacial score (nSPS) is 13.1. The van der Waals surface area contributed by atoms with Crippen molar-refractivity contribution in [1.29, 1.82) is 0 Å². The second-order valence-corrected chi connectivity index (χ2v) is 8.31. The Kier molecular flexibility index (Phi) is 4.90. The Labute approximate surface area is 177 Å². The minimum atomic E-state index is -0.252. The Morgan fingerprint density at radius 3 is 2.70 bits per heavy atom. The summed E-state index contributed by atoms with van der Waals surface area (Å²) in [7, 11) is 0. The van der Waals surface area contributed by atoms with E-state index in [0.717, 1.165) is 36.2 Å². The molecule has 1 aliphatic rings. The van der Waals surface area contributed by atoms with Gasteiger partial charge in [-0.15, -0.1) is 0 Å². The predicted octanol–water partition coefficient (Wildman–Crippen LogP) is 4.52. The van der Waals surface area contributed by atoms with Gasteiger partial charge in [-0.25, -0.2) is 14.1 Å². The summed E-state index contributed by atoms with van der Waals surface area (Å²) < 4.78 is 17.0. The molecule has 2 aromatic carbocycles. The van der Waals surface area contributed by atoms with Gasteiger partial charge in [-0.05, 0) is 68.1 Å². The largest absolute Gasteiger partial charge is 0.287 e. The third-order valence-corrected chi connectivity index (χ3v) is 6.55. The van der Waals surface area contributed by atoms with Crippen molar-refractivity contribution in [2.24, 2.45) is 0 Å².